The van der Waals surface area contributed by atoms with Crippen molar-refractivity contribution < 1.29 is 8.42 Å². The third-order valence-corrected chi connectivity index (χ3v) is 4.70. The van der Waals surface area contributed by atoms with Crippen LogP contribution in [-0.2, 0) is 10.0 Å². The number of anilines is 2. The zero-order valence-electron chi connectivity index (χ0n) is 11.2. The highest BCUT2D eigenvalue weighted by molar-refractivity contribution is 7.92. The van der Waals surface area contributed by atoms with E-state index in [1.807, 2.05) is 18.2 Å². The molecule has 1 atom stereocenters. The van der Waals surface area contributed by atoms with Gasteiger partial charge in [-0.3, -0.25) is 4.31 Å². The zero-order valence-corrected chi connectivity index (χ0v) is 13.6. The van der Waals surface area contributed by atoms with Crippen LogP contribution in [0.2, 0.25) is 0 Å². The predicted octanol–water partition coefficient (Wildman–Crippen LogP) is 1.58. The van der Waals surface area contributed by atoms with E-state index in [1.165, 1.54) is 10.6 Å². The molecule has 0 bridgehead atoms. The van der Waals surface area contributed by atoms with E-state index in [2.05, 4.69) is 5.32 Å². The number of nitrogens with two attached hydrogens (primary N) is 1. The normalized spacial score (nSPS) is 17.6. The second-order valence-electron chi connectivity index (χ2n) is 4.63. The van der Waals surface area contributed by atoms with Gasteiger partial charge >= 0.3 is 0 Å². The first-order chi connectivity index (χ1) is 8.97. The molecular weight excluding hydrogens is 321 g/mol. The molecule has 1 unspecified atom stereocenters. The number of benzene rings is 1. The summed E-state index contributed by atoms with van der Waals surface area (Å²) in [6.07, 6.45) is 1.22. The van der Waals surface area contributed by atoms with Gasteiger partial charge < -0.3 is 11.1 Å². The summed E-state index contributed by atoms with van der Waals surface area (Å²) in [7, 11) is -3.27. The number of alkyl halides is 1. The Morgan fingerprint density at radius 3 is 2.75 bits per heavy atom. The molecule has 20 heavy (non-hydrogen) atoms. The molecule has 3 N–H and O–H groups in total. The van der Waals surface area contributed by atoms with E-state index < -0.39 is 10.0 Å². The maximum atomic E-state index is 11.8. The fourth-order valence-electron chi connectivity index (χ4n) is 2.27. The first-order valence-corrected chi connectivity index (χ1v) is 8.47. The van der Waals surface area contributed by atoms with Crippen LogP contribution in [0.25, 0.3) is 0 Å². The molecule has 1 aromatic carbocycles. The third-order valence-electron chi connectivity index (χ3n) is 3.19. The molecule has 0 saturated carbocycles. The molecule has 0 saturated heterocycles. The minimum absolute atomic E-state index is 0. The van der Waals surface area contributed by atoms with Gasteiger partial charge in [-0.2, -0.15) is 0 Å². The second-order valence-corrected chi connectivity index (χ2v) is 6.85. The topological polar surface area (TPSA) is 75.4 Å². The van der Waals surface area contributed by atoms with Gasteiger partial charge in [-0.05, 0) is 17.7 Å². The van der Waals surface area contributed by atoms with Crippen LogP contribution in [0, 0.1) is 0 Å². The number of hydrogen-bond donors (Lipinski definition) is 2. The predicted molar refractivity (Wildman–Crippen MR) is 86.9 cm³/mol. The summed E-state index contributed by atoms with van der Waals surface area (Å²) in [5.74, 6) is 0.462. The molecule has 1 aromatic rings. The van der Waals surface area contributed by atoms with Gasteiger partial charge in [0, 0.05) is 37.1 Å². The number of hydrogen-bond acceptors (Lipinski definition) is 4. The minimum atomic E-state index is -3.27. The molecule has 0 radical (unpaired) electrons. The molecule has 0 fully saturated rings. The molecule has 1 aliphatic heterocycles. The lowest BCUT2D eigenvalue weighted by atomic mass is 10.0. The monoisotopic (exact) mass is 339 g/mol. The molecule has 5 nitrogen and oxygen atoms in total. The summed E-state index contributed by atoms with van der Waals surface area (Å²) in [5.41, 5.74) is 8.01. The quantitative estimate of drug-likeness (QED) is 0.798. The Morgan fingerprint density at radius 1 is 1.50 bits per heavy atom. The lowest BCUT2D eigenvalue weighted by Gasteiger charge is -2.17. The average Bonchev–Trinajstić information content (AvgIpc) is 2.74. The molecule has 2 rings (SSSR count). The lowest BCUT2D eigenvalue weighted by molar-refractivity contribution is 0.596. The van der Waals surface area contributed by atoms with Crippen LogP contribution in [0.5, 0.6) is 0 Å². The SMILES string of the molecule is CS(=O)(=O)N1CC(CCl)c2ccc(NCCN)cc21.Cl. The maximum Gasteiger partial charge on any atom is 0.232 e. The fraction of sp³-hybridized carbons (Fsp3) is 0.500. The van der Waals surface area contributed by atoms with Crippen molar-refractivity contribution >= 4 is 45.4 Å². The van der Waals surface area contributed by atoms with E-state index in [-0.39, 0.29) is 18.3 Å². The first kappa shape index (κ1) is 17.4. The second kappa shape index (κ2) is 6.85. The van der Waals surface area contributed by atoms with E-state index in [0.29, 0.717) is 25.5 Å². The highest BCUT2D eigenvalue weighted by Gasteiger charge is 2.33. The largest absolute Gasteiger partial charge is 0.384 e. The van der Waals surface area contributed by atoms with Gasteiger partial charge in [0.25, 0.3) is 0 Å². The number of nitrogens with zero attached hydrogens (tertiary/aromatic N) is 1. The van der Waals surface area contributed by atoms with Gasteiger partial charge in [0.15, 0.2) is 0 Å². The number of rotatable bonds is 5. The van der Waals surface area contributed by atoms with Gasteiger partial charge in [-0.15, -0.1) is 24.0 Å². The summed E-state index contributed by atoms with van der Waals surface area (Å²) in [6, 6.07) is 5.71. The number of halogens is 2. The molecule has 0 amide bonds. The zero-order chi connectivity index (χ0) is 14.0. The Kier molecular flexibility index (Phi) is 5.94. The van der Waals surface area contributed by atoms with Crippen molar-refractivity contribution in [2.45, 2.75) is 5.92 Å². The van der Waals surface area contributed by atoms with Crippen molar-refractivity contribution in [2.24, 2.45) is 5.73 Å². The molecular formula is C12H19Cl2N3O2S. The number of sulfonamides is 1. The first-order valence-electron chi connectivity index (χ1n) is 6.09. The van der Waals surface area contributed by atoms with Crippen LogP contribution in [0.15, 0.2) is 18.2 Å². The van der Waals surface area contributed by atoms with Crippen LogP contribution in [0.3, 0.4) is 0 Å². The Hall–Kier alpha value is -0.690. The van der Waals surface area contributed by atoms with E-state index in [9.17, 15) is 8.42 Å². The highest BCUT2D eigenvalue weighted by atomic mass is 35.5. The van der Waals surface area contributed by atoms with Gasteiger partial charge in [0.2, 0.25) is 10.0 Å². The third kappa shape index (κ3) is 3.49. The van der Waals surface area contributed by atoms with E-state index in [0.717, 1.165) is 16.9 Å². The minimum Gasteiger partial charge on any atom is -0.384 e. The van der Waals surface area contributed by atoms with Gasteiger partial charge in [-0.1, -0.05) is 6.07 Å². The van der Waals surface area contributed by atoms with Crippen molar-refractivity contribution in [1.82, 2.24) is 0 Å². The molecule has 1 heterocycles. The van der Waals surface area contributed by atoms with Crippen molar-refractivity contribution in [3.8, 4) is 0 Å². The molecule has 0 spiro atoms. The summed E-state index contributed by atoms with van der Waals surface area (Å²) < 4.78 is 25.1. The van der Waals surface area contributed by atoms with Crippen LogP contribution in [0.1, 0.15) is 11.5 Å². The summed E-state index contributed by atoms with van der Waals surface area (Å²) in [5, 5.41) is 3.15. The van der Waals surface area contributed by atoms with Gasteiger partial charge in [0.05, 0.1) is 11.9 Å². The van der Waals surface area contributed by atoms with Crippen molar-refractivity contribution in [2.75, 3.05) is 41.4 Å². The molecule has 0 aromatic heterocycles. The summed E-state index contributed by atoms with van der Waals surface area (Å²) in [4.78, 5) is 0. The maximum absolute atomic E-state index is 11.8. The highest BCUT2D eigenvalue weighted by Crippen LogP contribution is 2.39. The summed E-state index contributed by atoms with van der Waals surface area (Å²) in [6.45, 7) is 1.59. The standard InChI is InChI=1S/C12H18ClN3O2S.ClH/c1-19(17,18)16-8-9(7-13)11-3-2-10(6-12(11)16)15-5-4-14;/h2-3,6,9,15H,4-5,7-8,14H2,1H3;1H. The molecule has 114 valence electrons. The molecule has 1 aliphatic rings. The Labute approximate surface area is 130 Å². The van der Waals surface area contributed by atoms with Crippen LogP contribution >= 0.6 is 24.0 Å². The lowest BCUT2D eigenvalue weighted by Crippen LogP contribution is -2.28. The Balaban J connectivity index is 0.00000200. The average molecular weight is 340 g/mol. The van der Waals surface area contributed by atoms with Crippen molar-refractivity contribution in [3.63, 3.8) is 0 Å². The van der Waals surface area contributed by atoms with Crippen molar-refractivity contribution in [3.05, 3.63) is 23.8 Å². The van der Waals surface area contributed by atoms with E-state index >= 15 is 0 Å². The molecule has 0 aliphatic carbocycles. The van der Waals surface area contributed by atoms with Crippen LogP contribution in [0.4, 0.5) is 11.4 Å². The summed E-state index contributed by atoms with van der Waals surface area (Å²) >= 11 is 5.92. The van der Waals surface area contributed by atoms with Crippen LogP contribution in [-0.4, -0.2) is 40.2 Å². The van der Waals surface area contributed by atoms with Crippen LogP contribution < -0.4 is 15.4 Å². The Morgan fingerprint density at radius 2 is 2.20 bits per heavy atom. The van der Waals surface area contributed by atoms with E-state index in [1.54, 1.807) is 0 Å². The van der Waals surface area contributed by atoms with Gasteiger partial charge in [-0.25, -0.2) is 8.42 Å². The fourth-order valence-corrected chi connectivity index (χ4v) is 3.50. The van der Waals surface area contributed by atoms with Gasteiger partial charge in [0.1, 0.15) is 0 Å². The Bertz CT molecular complexity index is 566. The smallest absolute Gasteiger partial charge is 0.232 e. The number of nitrogens with one attached hydrogen (secondary N) is 1. The van der Waals surface area contributed by atoms with E-state index in [4.69, 9.17) is 17.3 Å². The number of fused-ring (bicyclic) bond motifs is 1. The molecule has 8 heteroatoms. The van der Waals surface area contributed by atoms with Crippen molar-refractivity contribution in [1.29, 1.82) is 0 Å².